The third kappa shape index (κ3) is 2.87. The SMILES string of the molecule is O=C1CCN(C(=O)c2cc(F)ccc2Br)CCN1. The average molecular weight is 315 g/mol. The molecule has 1 N–H and O–H groups in total. The van der Waals surface area contributed by atoms with Crippen LogP contribution in [0.3, 0.4) is 0 Å². The quantitative estimate of drug-likeness (QED) is 0.855. The summed E-state index contributed by atoms with van der Waals surface area (Å²) in [5.41, 5.74) is 0.282. The fourth-order valence-electron chi connectivity index (χ4n) is 1.80. The zero-order valence-corrected chi connectivity index (χ0v) is 11.2. The zero-order chi connectivity index (χ0) is 13.1. The molecule has 1 saturated heterocycles. The van der Waals surface area contributed by atoms with Gasteiger partial charge in [-0.1, -0.05) is 0 Å². The van der Waals surface area contributed by atoms with Gasteiger partial charge in [-0.05, 0) is 34.1 Å². The van der Waals surface area contributed by atoms with Gasteiger partial charge in [0.05, 0.1) is 5.56 Å². The van der Waals surface area contributed by atoms with Crippen molar-refractivity contribution in [3.05, 3.63) is 34.1 Å². The Balaban J connectivity index is 2.19. The summed E-state index contributed by atoms with van der Waals surface area (Å²) in [4.78, 5) is 25.0. The van der Waals surface area contributed by atoms with Crippen LogP contribution in [0.15, 0.2) is 22.7 Å². The third-order valence-electron chi connectivity index (χ3n) is 2.76. The number of carbonyl (C=O) groups excluding carboxylic acids is 2. The van der Waals surface area contributed by atoms with Gasteiger partial charge in [0.2, 0.25) is 5.91 Å². The van der Waals surface area contributed by atoms with E-state index in [9.17, 15) is 14.0 Å². The van der Waals surface area contributed by atoms with Crippen molar-refractivity contribution in [3.8, 4) is 0 Å². The summed E-state index contributed by atoms with van der Waals surface area (Å²) in [6.07, 6.45) is 0.276. The number of nitrogens with zero attached hydrogens (tertiary/aromatic N) is 1. The Bertz CT molecular complexity index is 493. The first-order chi connectivity index (χ1) is 8.58. The van der Waals surface area contributed by atoms with E-state index in [1.54, 1.807) is 4.90 Å². The Morgan fingerprint density at radius 1 is 1.39 bits per heavy atom. The van der Waals surface area contributed by atoms with Gasteiger partial charge in [0.15, 0.2) is 0 Å². The second kappa shape index (κ2) is 5.48. The van der Waals surface area contributed by atoms with Crippen LogP contribution in [0.2, 0.25) is 0 Å². The van der Waals surface area contributed by atoms with Crippen molar-refractivity contribution in [2.24, 2.45) is 0 Å². The van der Waals surface area contributed by atoms with Crippen molar-refractivity contribution < 1.29 is 14.0 Å². The maximum atomic E-state index is 13.2. The number of hydrogen-bond acceptors (Lipinski definition) is 2. The molecule has 0 radical (unpaired) electrons. The summed E-state index contributed by atoms with van der Waals surface area (Å²) in [6.45, 7) is 1.22. The molecule has 0 saturated carbocycles. The molecular weight excluding hydrogens is 303 g/mol. The van der Waals surface area contributed by atoms with Crippen LogP contribution in [-0.4, -0.2) is 36.3 Å². The highest BCUT2D eigenvalue weighted by molar-refractivity contribution is 9.10. The van der Waals surface area contributed by atoms with Gasteiger partial charge in [0.25, 0.3) is 5.91 Å². The molecule has 96 valence electrons. The lowest BCUT2D eigenvalue weighted by Crippen LogP contribution is -2.34. The van der Waals surface area contributed by atoms with E-state index in [2.05, 4.69) is 21.2 Å². The fourth-order valence-corrected chi connectivity index (χ4v) is 2.22. The van der Waals surface area contributed by atoms with Crippen LogP contribution in [0, 0.1) is 5.82 Å². The molecule has 1 heterocycles. The van der Waals surface area contributed by atoms with Crippen LogP contribution in [0.4, 0.5) is 4.39 Å². The van der Waals surface area contributed by atoms with Gasteiger partial charge in [-0.3, -0.25) is 9.59 Å². The van der Waals surface area contributed by atoms with Crippen molar-refractivity contribution >= 4 is 27.7 Å². The highest BCUT2D eigenvalue weighted by atomic mass is 79.9. The first-order valence-electron chi connectivity index (χ1n) is 5.59. The lowest BCUT2D eigenvalue weighted by molar-refractivity contribution is -0.120. The van der Waals surface area contributed by atoms with Gasteiger partial charge in [-0.25, -0.2) is 4.39 Å². The van der Waals surface area contributed by atoms with Crippen LogP contribution < -0.4 is 5.32 Å². The van der Waals surface area contributed by atoms with E-state index < -0.39 is 5.82 Å². The lowest BCUT2D eigenvalue weighted by Gasteiger charge is -2.20. The molecule has 0 unspecified atom stereocenters. The molecule has 2 rings (SSSR count). The van der Waals surface area contributed by atoms with Crippen LogP contribution in [0.5, 0.6) is 0 Å². The fraction of sp³-hybridized carbons (Fsp3) is 0.333. The first kappa shape index (κ1) is 13.0. The highest BCUT2D eigenvalue weighted by Gasteiger charge is 2.21. The van der Waals surface area contributed by atoms with Gasteiger partial charge >= 0.3 is 0 Å². The maximum Gasteiger partial charge on any atom is 0.255 e. The maximum absolute atomic E-state index is 13.2. The molecule has 1 aliphatic rings. The van der Waals surface area contributed by atoms with E-state index in [1.807, 2.05) is 0 Å². The minimum atomic E-state index is -0.453. The molecule has 0 bridgehead atoms. The van der Waals surface area contributed by atoms with Crippen LogP contribution >= 0.6 is 15.9 Å². The topological polar surface area (TPSA) is 49.4 Å². The van der Waals surface area contributed by atoms with E-state index in [0.29, 0.717) is 24.1 Å². The summed E-state index contributed by atoms with van der Waals surface area (Å²) >= 11 is 3.23. The number of benzene rings is 1. The van der Waals surface area contributed by atoms with E-state index in [0.717, 1.165) is 0 Å². The Morgan fingerprint density at radius 2 is 2.17 bits per heavy atom. The third-order valence-corrected chi connectivity index (χ3v) is 3.45. The average Bonchev–Trinajstić information content (AvgIpc) is 2.56. The normalized spacial score (nSPS) is 16.1. The molecule has 1 aromatic rings. The van der Waals surface area contributed by atoms with Gasteiger partial charge < -0.3 is 10.2 Å². The summed E-state index contributed by atoms with van der Waals surface area (Å²) in [7, 11) is 0. The number of halogens is 2. The number of carbonyl (C=O) groups is 2. The molecule has 6 heteroatoms. The Morgan fingerprint density at radius 3 is 2.94 bits per heavy atom. The number of rotatable bonds is 1. The number of hydrogen-bond donors (Lipinski definition) is 1. The standard InChI is InChI=1S/C12H12BrFN2O2/c13-10-2-1-8(14)7-9(10)12(18)16-5-3-11(17)15-4-6-16/h1-2,7H,3-6H2,(H,15,17). The summed E-state index contributed by atoms with van der Waals surface area (Å²) in [5, 5.41) is 2.69. The van der Waals surface area contributed by atoms with E-state index in [1.165, 1.54) is 18.2 Å². The van der Waals surface area contributed by atoms with E-state index in [4.69, 9.17) is 0 Å². The monoisotopic (exact) mass is 314 g/mol. The van der Waals surface area contributed by atoms with Crippen molar-refractivity contribution in [2.75, 3.05) is 19.6 Å². The van der Waals surface area contributed by atoms with Crippen molar-refractivity contribution in [1.29, 1.82) is 0 Å². The molecule has 1 aromatic carbocycles. The lowest BCUT2D eigenvalue weighted by atomic mass is 10.2. The molecule has 1 fully saturated rings. The minimum Gasteiger partial charge on any atom is -0.354 e. The van der Waals surface area contributed by atoms with Crippen LogP contribution in [-0.2, 0) is 4.79 Å². The Labute approximate surface area is 112 Å². The largest absolute Gasteiger partial charge is 0.354 e. The first-order valence-corrected chi connectivity index (χ1v) is 6.38. The molecule has 0 aromatic heterocycles. The minimum absolute atomic E-state index is 0.0661. The second-order valence-corrected chi connectivity index (χ2v) is 4.87. The van der Waals surface area contributed by atoms with Gasteiger partial charge in [-0.2, -0.15) is 0 Å². The molecule has 0 spiro atoms. The van der Waals surface area contributed by atoms with Crippen LogP contribution in [0.25, 0.3) is 0 Å². The molecular formula is C12H12BrFN2O2. The molecule has 2 amide bonds. The Hall–Kier alpha value is -1.43. The molecule has 0 aliphatic carbocycles. The molecule has 1 aliphatic heterocycles. The summed E-state index contributed by atoms with van der Waals surface area (Å²) < 4.78 is 13.7. The summed E-state index contributed by atoms with van der Waals surface area (Å²) in [6, 6.07) is 3.99. The second-order valence-electron chi connectivity index (χ2n) is 4.02. The Kier molecular flexibility index (Phi) is 3.96. The van der Waals surface area contributed by atoms with E-state index >= 15 is 0 Å². The summed E-state index contributed by atoms with van der Waals surface area (Å²) in [5.74, 6) is -0.785. The molecule has 18 heavy (non-hydrogen) atoms. The molecule has 4 nitrogen and oxygen atoms in total. The van der Waals surface area contributed by atoms with Crippen molar-refractivity contribution in [1.82, 2.24) is 10.2 Å². The van der Waals surface area contributed by atoms with Crippen molar-refractivity contribution in [3.63, 3.8) is 0 Å². The smallest absolute Gasteiger partial charge is 0.255 e. The highest BCUT2D eigenvalue weighted by Crippen LogP contribution is 2.20. The van der Waals surface area contributed by atoms with Gasteiger partial charge in [0, 0.05) is 30.5 Å². The number of nitrogens with one attached hydrogen (secondary N) is 1. The van der Waals surface area contributed by atoms with Gasteiger partial charge in [0.1, 0.15) is 5.82 Å². The van der Waals surface area contributed by atoms with Crippen LogP contribution in [0.1, 0.15) is 16.8 Å². The number of amides is 2. The predicted molar refractivity (Wildman–Crippen MR) is 67.6 cm³/mol. The van der Waals surface area contributed by atoms with E-state index in [-0.39, 0.29) is 23.8 Å². The van der Waals surface area contributed by atoms with Crippen molar-refractivity contribution in [2.45, 2.75) is 6.42 Å². The zero-order valence-electron chi connectivity index (χ0n) is 9.58. The predicted octanol–water partition coefficient (Wildman–Crippen LogP) is 1.55. The molecule has 0 atom stereocenters. The van der Waals surface area contributed by atoms with Gasteiger partial charge in [-0.15, -0.1) is 0 Å².